The maximum Gasteiger partial charge on any atom is 0.0975 e. The van der Waals surface area contributed by atoms with E-state index in [1.807, 2.05) is 6.07 Å². The molecule has 1 aromatic carbocycles. The molecule has 0 amide bonds. The summed E-state index contributed by atoms with van der Waals surface area (Å²) in [6.45, 7) is 3.94. The highest BCUT2D eigenvalue weighted by atomic mass is 35.5. The zero-order valence-electron chi connectivity index (χ0n) is 8.24. The molecule has 0 radical (unpaired) electrons. The second kappa shape index (κ2) is 5.35. The zero-order chi connectivity index (χ0) is 9.10. The van der Waals surface area contributed by atoms with Crippen molar-refractivity contribution in [2.24, 2.45) is 0 Å². The summed E-state index contributed by atoms with van der Waals surface area (Å²) in [5, 5.41) is 3.41. The summed E-state index contributed by atoms with van der Waals surface area (Å²) in [6.07, 6.45) is 0.218. The molecule has 2 nitrogen and oxygen atoms in total. The van der Waals surface area contributed by atoms with E-state index in [9.17, 15) is 0 Å². The van der Waals surface area contributed by atoms with Gasteiger partial charge in [0.2, 0.25) is 0 Å². The Bertz CT molecular complexity index is 265. The largest absolute Gasteiger partial charge is 1.00 e. The van der Waals surface area contributed by atoms with E-state index in [0.717, 1.165) is 13.2 Å². The Morgan fingerprint density at radius 3 is 2.64 bits per heavy atom. The molecule has 1 N–H and O–H groups in total. The first-order valence-electron chi connectivity index (χ1n) is 4.78. The lowest BCUT2D eigenvalue weighted by molar-refractivity contribution is -0.000314. The summed E-state index contributed by atoms with van der Waals surface area (Å²) in [6, 6.07) is 10.8. The Morgan fingerprint density at radius 1 is 1.29 bits per heavy atom. The van der Waals surface area contributed by atoms with Crippen LogP contribution in [-0.4, -0.2) is 19.2 Å². The van der Waals surface area contributed by atoms with E-state index in [4.69, 9.17) is 4.74 Å². The van der Waals surface area contributed by atoms with Crippen LogP contribution in [0.4, 0.5) is 0 Å². The van der Waals surface area contributed by atoms with Crippen LogP contribution in [0.3, 0.4) is 0 Å². The maximum absolute atomic E-state index is 5.71. The normalized spacial score (nSPS) is 26.6. The van der Waals surface area contributed by atoms with Crippen molar-refractivity contribution in [2.45, 2.75) is 19.1 Å². The fraction of sp³-hybridized carbons (Fsp3) is 0.455. The second-order valence-electron chi connectivity index (χ2n) is 3.44. The highest BCUT2D eigenvalue weighted by Crippen LogP contribution is 2.22. The van der Waals surface area contributed by atoms with Crippen molar-refractivity contribution in [1.82, 2.24) is 5.32 Å². The van der Waals surface area contributed by atoms with E-state index in [1.54, 1.807) is 0 Å². The lowest BCUT2D eigenvalue weighted by Gasteiger charge is -2.30. The lowest BCUT2D eigenvalue weighted by atomic mass is 10.0. The topological polar surface area (TPSA) is 21.3 Å². The molecule has 3 heteroatoms. The number of halogens is 1. The predicted molar refractivity (Wildman–Crippen MR) is 52.6 cm³/mol. The Morgan fingerprint density at radius 2 is 2.00 bits per heavy atom. The average molecular weight is 213 g/mol. The van der Waals surface area contributed by atoms with Gasteiger partial charge in [0.05, 0.1) is 12.7 Å². The van der Waals surface area contributed by atoms with Gasteiger partial charge in [-0.2, -0.15) is 0 Å². The zero-order valence-corrected chi connectivity index (χ0v) is 9.00. The van der Waals surface area contributed by atoms with E-state index >= 15 is 0 Å². The molecule has 0 aliphatic carbocycles. The van der Waals surface area contributed by atoms with Gasteiger partial charge in [0.25, 0.3) is 0 Å². The van der Waals surface area contributed by atoms with Crippen molar-refractivity contribution in [3.8, 4) is 0 Å². The fourth-order valence-electron chi connectivity index (χ4n) is 1.75. The van der Waals surface area contributed by atoms with E-state index in [2.05, 4.69) is 36.5 Å². The molecule has 1 aliphatic heterocycles. The van der Waals surface area contributed by atoms with Gasteiger partial charge >= 0.3 is 0 Å². The summed E-state index contributed by atoms with van der Waals surface area (Å²) < 4.78 is 5.71. The van der Waals surface area contributed by atoms with Gasteiger partial charge in [-0.3, -0.25) is 0 Å². The van der Waals surface area contributed by atoms with Gasteiger partial charge < -0.3 is 22.5 Å². The molecule has 1 fully saturated rings. The second-order valence-corrected chi connectivity index (χ2v) is 3.44. The third-order valence-electron chi connectivity index (χ3n) is 2.45. The third-order valence-corrected chi connectivity index (χ3v) is 2.45. The summed E-state index contributed by atoms with van der Waals surface area (Å²) in [4.78, 5) is 0. The Labute approximate surface area is 91.1 Å². The number of benzene rings is 1. The van der Waals surface area contributed by atoms with E-state index in [1.165, 1.54) is 5.56 Å². The van der Waals surface area contributed by atoms with Gasteiger partial charge in [-0.05, 0) is 12.5 Å². The van der Waals surface area contributed by atoms with Gasteiger partial charge in [-0.25, -0.2) is 0 Å². The smallest absolute Gasteiger partial charge is 0.0975 e. The summed E-state index contributed by atoms with van der Waals surface area (Å²) in [5.41, 5.74) is 1.27. The Hall–Kier alpha value is -0.570. The molecule has 0 bridgehead atoms. The quantitative estimate of drug-likeness (QED) is 0.628. The van der Waals surface area contributed by atoms with Crippen LogP contribution < -0.4 is 17.7 Å². The minimum atomic E-state index is 0. The van der Waals surface area contributed by atoms with Crippen LogP contribution in [0.15, 0.2) is 30.3 Å². The van der Waals surface area contributed by atoms with E-state index in [-0.39, 0.29) is 18.5 Å². The van der Waals surface area contributed by atoms with Crippen molar-refractivity contribution < 1.29 is 17.1 Å². The Kier molecular flexibility index (Phi) is 4.39. The van der Waals surface area contributed by atoms with Crippen LogP contribution in [-0.2, 0) is 4.74 Å². The van der Waals surface area contributed by atoms with Crippen molar-refractivity contribution in [2.75, 3.05) is 13.2 Å². The lowest BCUT2D eigenvalue weighted by Crippen LogP contribution is -3.00. The molecule has 1 saturated heterocycles. The SMILES string of the molecule is CC1NCCOC1c1ccccc1.[Cl-]. The number of hydrogen-bond donors (Lipinski definition) is 1. The minimum absolute atomic E-state index is 0. The molecule has 0 spiro atoms. The van der Waals surface area contributed by atoms with Crippen LogP contribution in [0.5, 0.6) is 0 Å². The van der Waals surface area contributed by atoms with Crippen molar-refractivity contribution in [1.29, 1.82) is 0 Å². The molecule has 78 valence electrons. The first-order chi connectivity index (χ1) is 6.38. The van der Waals surface area contributed by atoms with Crippen LogP contribution in [0.25, 0.3) is 0 Å². The van der Waals surface area contributed by atoms with Crippen molar-refractivity contribution in [3.05, 3.63) is 35.9 Å². The number of rotatable bonds is 1. The highest BCUT2D eigenvalue weighted by molar-refractivity contribution is 5.19. The van der Waals surface area contributed by atoms with Gasteiger partial charge in [0.15, 0.2) is 0 Å². The van der Waals surface area contributed by atoms with Crippen molar-refractivity contribution >= 4 is 0 Å². The van der Waals surface area contributed by atoms with E-state index < -0.39 is 0 Å². The van der Waals surface area contributed by atoms with Crippen LogP contribution in [0, 0.1) is 0 Å². The number of nitrogens with one attached hydrogen (secondary N) is 1. The first kappa shape index (κ1) is 11.5. The molecule has 2 atom stereocenters. The fourth-order valence-corrected chi connectivity index (χ4v) is 1.75. The number of ether oxygens (including phenoxy) is 1. The summed E-state index contributed by atoms with van der Waals surface area (Å²) in [5.74, 6) is 0. The molecule has 14 heavy (non-hydrogen) atoms. The van der Waals surface area contributed by atoms with Crippen LogP contribution in [0.2, 0.25) is 0 Å². The standard InChI is InChI=1S/C11H15NO.ClH/c1-9-11(13-8-7-12-9)10-5-3-2-4-6-10;/h2-6,9,11-12H,7-8H2,1H3;1H/p-1. The molecule has 2 rings (SSSR count). The molecular weight excluding hydrogens is 198 g/mol. The molecule has 0 aromatic heterocycles. The van der Waals surface area contributed by atoms with Gasteiger partial charge in [-0.15, -0.1) is 0 Å². The molecule has 1 heterocycles. The number of morpholine rings is 1. The summed E-state index contributed by atoms with van der Waals surface area (Å²) in [7, 11) is 0. The summed E-state index contributed by atoms with van der Waals surface area (Å²) >= 11 is 0. The minimum Gasteiger partial charge on any atom is -1.00 e. The van der Waals surface area contributed by atoms with Gasteiger partial charge in [0.1, 0.15) is 0 Å². The predicted octanol–water partition coefficient (Wildman–Crippen LogP) is -1.26. The molecule has 0 saturated carbocycles. The Balaban J connectivity index is 0.000000980. The van der Waals surface area contributed by atoms with Crippen LogP contribution in [0.1, 0.15) is 18.6 Å². The molecular formula is C11H15ClNO-. The monoisotopic (exact) mass is 212 g/mol. The molecule has 2 unspecified atom stereocenters. The number of hydrogen-bond acceptors (Lipinski definition) is 2. The first-order valence-corrected chi connectivity index (χ1v) is 4.78. The van der Waals surface area contributed by atoms with E-state index in [0.29, 0.717) is 6.04 Å². The average Bonchev–Trinajstić information content (AvgIpc) is 2.20. The molecule has 1 aromatic rings. The van der Waals surface area contributed by atoms with Crippen LogP contribution >= 0.6 is 0 Å². The third kappa shape index (κ3) is 2.47. The van der Waals surface area contributed by atoms with Crippen molar-refractivity contribution in [3.63, 3.8) is 0 Å². The highest BCUT2D eigenvalue weighted by Gasteiger charge is 2.22. The molecule has 1 aliphatic rings. The maximum atomic E-state index is 5.71. The van der Waals surface area contributed by atoms with Gasteiger partial charge in [0, 0.05) is 12.6 Å². The van der Waals surface area contributed by atoms with Gasteiger partial charge in [-0.1, -0.05) is 30.3 Å².